The minimum atomic E-state index is -0.337. The van der Waals surface area contributed by atoms with Gasteiger partial charge in [-0.25, -0.2) is 4.79 Å². The maximum absolute atomic E-state index is 12.2. The SMILES string of the molecule is Cc1c(Cl)ccc(NC(=O)N2CCOC[C@@H]2CO)c1Cl. The molecule has 1 heterocycles. The fourth-order valence-corrected chi connectivity index (χ4v) is 2.44. The van der Waals surface area contributed by atoms with Gasteiger partial charge in [0.05, 0.1) is 36.6 Å². The van der Waals surface area contributed by atoms with Gasteiger partial charge >= 0.3 is 6.03 Å². The van der Waals surface area contributed by atoms with Crippen LogP contribution in [0.25, 0.3) is 0 Å². The van der Waals surface area contributed by atoms with Crippen LogP contribution in [0.3, 0.4) is 0 Å². The molecule has 2 rings (SSSR count). The molecule has 1 atom stereocenters. The summed E-state index contributed by atoms with van der Waals surface area (Å²) in [4.78, 5) is 13.8. The van der Waals surface area contributed by atoms with Crippen molar-refractivity contribution in [2.75, 3.05) is 31.7 Å². The third-order valence-corrected chi connectivity index (χ3v) is 4.16. The Labute approximate surface area is 127 Å². The van der Waals surface area contributed by atoms with Crippen LogP contribution in [-0.2, 0) is 4.74 Å². The topological polar surface area (TPSA) is 61.8 Å². The van der Waals surface area contributed by atoms with Crippen LogP contribution >= 0.6 is 23.2 Å². The quantitative estimate of drug-likeness (QED) is 0.880. The molecule has 0 aromatic heterocycles. The standard InChI is InChI=1S/C13H16Cl2N2O3/c1-8-10(14)2-3-11(12(8)15)16-13(19)17-4-5-20-7-9(17)6-18/h2-3,9,18H,4-7H2,1H3,(H,16,19)/t9-/m0/s1. The van der Waals surface area contributed by atoms with Crippen molar-refractivity contribution < 1.29 is 14.6 Å². The van der Waals surface area contributed by atoms with E-state index in [0.717, 1.165) is 0 Å². The highest BCUT2D eigenvalue weighted by Crippen LogP contribution is 2.31. The molecule has 5 nitrogen and oxygen atoms in total. The zero-order chi connectivity index (χ0) is 14.7. The monoisotopic (exact) mass is 318 g/mol. The molecule has 0 saturated carbocycles. The molecule has 20 heavy (non-hydrogen) atoms. The van der Waals surface area contributed by atoms with E-state index in [4.69, 9.17) is 27.9 Å². The number of amides is 2. The first-order valence-corrected chi connectivity index (χ1v) is 7.01. The molecule has 1 aromatic rings. The molecular formula is C13H16Cl2N2O3. The number of hydrogen-bond donors (Lipinski definition) is 2. The fourth-order valence-electron chi connectivity index (χ4n) is 2.02. The molecule has 2 N–H and O–H groups in total. The Morgan fingerprint density at radius 2 is 2.30 bits per heavy atom. The molecule has 1 fully saturated rings. The van der Waals surface area contributed by atoms with Gasteiger partial charge in [-0.05, 0) is 24.6 Å². The molecule has 0 unspecified atom stereocenters. The lowest BCUT2D eigenvalue weighted by atomic mass is 10.2. The minimum absolute atomic E-state index is 0.138. The highest BCUT2D eigenvalue weighted by Gasteiger charge is 2.27. The normalized spacial score (nSPS) is 19.0. The summed E-state index contributed by atoms with van der Waals surface area (Å²) in [5, 5.41) is 13.0. The van der Waals surface area contributed by atoms with E-state index in [9.17, 15) is 9.90 Å². The maximum atomic E-state index is 12.2. The molecule has 0 aliphatic carbocycles. The lowest BCUT2D eigenvalue weighted by molar-refractivity contribution is -0.00485. The number of hydrogen-bond acceptors (Lipinski definition) is 3. The van der Waals surface area contributed by atoms with Crippen molar-refractivity contribution in [2.45, 2.75) is 13.0 Å². The van der Waals surface area contributed by atoms with E-state index < -0.39 is 0 Å². The number of carbonyl (C=O) groups excluding carboxylic acids is 1. The van der Waals surface area contributed by atoms with E-state index in [0.29, 0.717) is 41.1 Å². The Hall–Kier alpha value is -1.01. The Morgan fingerprint density at radius 3 is 3.00 bits per heavy atom. The molecule has 1 aliphatic heterocycles. The van der Waals surface area contributed by atoms with Gasteiger partial charge in [0.1, 0.15) is 0 Å². The van der Waals surface area contributed by atoms with Crippen molar-refractivity contribution in [2.24, 2.45) is 0 Å². The Kier molecular flexibility index (Phi) is 5.10. The summed E-state index contributed by atoms with van der Waals surface area (Å²) in [6.45, 7) is 2.86. The smallest absolute Gasteiger partial charge is 0.322 e. The third-order valence-electron chi connectivity index (χ3n) is 3.26. The molecular weight excluding hydrogens is 303 g/mol. The van der Waals surface area contributed by atoms with Crippen molar-refractivity contribution in [1.29, 1.82) is 0 Å². The van der Waals surface area contributed by atoms with Gasteiger partial charge in [-0.2, -0.15) is 0 Å². The number of rotatable bonds is 2. The van der Waals surface area contributed by atoms with Gasteiger partial charge in [0.2, 0.25) is 0 Å². The average molecular weight is 319 g/mol. The second-order valence-corrected chi connectivity index (χ2v) is 5.35. The van der Waals surface area contributed by atoms with Gasteiger partial charge in [-0.3, -0.25) is 0 Å². The third kappa shape index (κ3) is 3.17. The van der Waals surface area contributed by atoms with Crippen molar-refractivity contribution in [3.8, 4) is 0 Å². The zero-order valence-electron chi connectivity index (χ0n) is 11.0. The molecule has 1 aromatic carbocycles. The Bertz CT molecular complexity index is 511. The molecule has 0 spiro atoms. The second kappa shape index (κ2) is 6.63. The van der Waals surface area contributed by atoms with Crippen LogP contribution in [0.1, 0.15) is 5.56 Å². The number of carbonyl (C=O) groups is 1. The summed E-state index contributed by atoms with van der Waals surface area (Å²) in [5.41, 5.74) is 1.22. The van der Waals surface area contributed by atoms with Gasteiger partial charge in [0, 0.05) is 11.6 Å². The predicted octanol–water partition coefficient (Wildman–Crippen LogP) is 2.53. The molecule has 0 radical (unpaired) electrons. The van der Waals surface area contributed by atoms with Crippen molar-refractivity contribution in [1.82, 2.24) is 4.90 Å². The molecule has 0 bridgehead atoms. The van der Waals surface area contributed by atoms with Gasteiger partial charge < -0.3 is 20.1 Å². The summed E-state index contributed by atoms with van der Waals surface area (Å²) in [7, 11) is 0. The van der Waals surface area contributed by atoms with E-state index in [1.807, 2.05) is 0 Å². The number of urea groups is 1. The highest BCUT2D eigenvalue weighted by atomic mass is 35.5. The van der Waals surface area contributed by atoms with Crippen LogP contribution in [-0.4, -0.2) is 48.4 Å². The number of benzene rings is 1. The van der Waals surface area contributed by atoms with Crippen LogP contribution in [0.15, 0.2) is 12.1 Å². The number of ether oxygens (including phenoxy) is 1. The number of aliphatic hydroxyl groups is 1. The van der Waals surface area contributed by atoms with Crippen LogP contribution < -0.4 is 5.32 Å². The zero-order valence-corrected chi connectivity index (χ0v) is 12.5. The van der Waals surface area contributed by atoms with E-state index in [1.54, 1.807) is 24.0 Å². The largest absolute Gasteiger partial charge is 0.394 e. The molecule has 110 valence electrons. The number of morpholine rings is 1. The van der Waals surface area contributed by atoms with Crippen molar-refractivity contribution in [3.05, 3.63) is 27.7 Å². The number of nitrogens with zero attached hydrogens (tertiary/aromatic N) is 1. The molecule has 1 aliphatic rings. The maximum Gasteiger partial charge on any atom is 0.322 e. The lowest BCUT2D eigenvalue weighted by Crippen LogP contribution is -2.52. The van der Waals surface area contributed by atoms with Gasteiger partial charge in [0.25, 0.3) is 0 Å². The van der Waals surface area contributed by atoms with Crippen molar-refractivity contribution >= 4 is 34.9 Å². The summed E-state index contributed by atoms with van der Waals surface area (Å²) in [6.07, 6.45) is 0. The van der Waals surface area contributed by atoms with E-state index in [-0.39, 0.29) is 18.7 Å². The molecule has 1 saturated heterocycles. The van der Waals surface area contributed by atoms with E-state index >= 15 is 0 Å². The summed E-state index contributed by atoms with van der Waals surface area (Å²) >= 11 is 12.1. The number of halogens is 2. The van der Waals surface area contributed by atoms with Gasteiger partial charge in [-0.1, -0.05) is 23.2 Å². The van der Waals surface area contributed by atoms with E-state index in [2.05, 4.69) is 5.32 Å². The first kappa shape index (κ1) is 15.4. The van der Waals surface area contributed by atoms with Crippen LogP contribution in [0.4, 0.5) is 10.5 Å². The van der Waals surface area contributed by atoms with Crippen LogP contribution in [0.2, 0.25) is 10.0 Å². The van der Waals surface area contributed by atoms with Crippen molar-refractivity contribution in [3.63, 3.8) is 0 Å². The van der Waals surface area contributed by atoms with E-state index in [1.165, 1.54) is 0 Å². The fraction of sp³-hybridized carbons (Fsp3) is 0.462. The first-order chi connectivity index (χ1) is 9.54. The van der Waals surface area contributed by atoms with Crippen LogP contribution in [0, 0.1) is 6.92 Å². The first-order valence-electron chi connectivity index (χ1n) is 6.25. The van der Waals surface area contributed by atoms with Crippen LogP contribution in [0.5, 0.6) is 0 Å². The number of nitrogens with one attached hydrogen (secondary N) is 1. The molecule has 2 amide bonds. The highest BCUT2D eigenvalue weighted by molar-refractivity contribution is 6.38. The van der Waals surface area contributed by atoms with Gasteiger partial charge in [0.15, 0.2) is 0 Å². The summed E-state index contributed by atoms with van der Waals surface area (Å²) < 4.78 is 5.24. The lowest BCUT2D eigenvalue weighted by Gasteiger charge is -2.34. The van der Waals surface area contributed by atoms with Gasteiger partial charge in [-0.15, -0.1) is 0 Å². The minimum Gasteiger partial charge on any atom is -0.394 e. The second-order valence-electron chi connectivity index (χ2n) is 4.57. The summed E-state index contributed by atoms with van der Waals surface area (Å²) in [5.74, 6) is 0. The number of aliphatic hydroxyl groups excluding tert-OH is 1. The average Bonchev–Trinajstić information content (AvgIpc) is 2.47. The summed E-state index contributed by atoms with van der Waals surface area (Å²) in [6, 6.07) is 2.69. The Morgan fingerprint density at radius 1 is 1.55 bits per heavy atom. The number of anilines is 1. The molecule has 7 heteroatoms. The predicted molar refractivity (Wildman–Crippen MR) is 78.6 cm³/mol. The Balaban J connectivity index is 2.13.